The van der Waals surface area contributed by atoms with Crippen molar-refractivity contribution in [2.45, 2.75) is 13.3 Å². The zero-order valence-corrected chi connectivity index (χ0v) is 15.5. The van der Waals surface area contributed by atoms with Crippen molar-refractivity contribution in [3.05, 3.63) is 47.0 Å². The van der Waals surface area contributed by atoms with Gasteiger partial charge in [-0.05, 0) is 43.2 Å². The first-order valence-corrected chi connectivity index (χ1v) is 8.77. The number of nitrogens with zero attached hydrogens (tertiary/aromatic N) is 1. The van der Waals surface area contributed by atoms with Crippen molar-refractivity contribution < 1.29 is 15.0 Å². The third kappa shape index (κ3) is 3.41. The topological polar surface area (TPSA) is 76.6 Å². The van der Waals surface area contributed by atoms with Gasteiger partial charge in [-0.3, -0.25) is 4.79 Å². The number of H-pyrrole nitrogens is 1. The van der Waals surface area contributed by atoms with Crippen molar-refractivity contribution in [1.82, 2.24) is 4.98 Å². The average molecular weight is 373 g/mol. The van der Waals surface area contributed by atoms with E-state index in [-0.39, 0.29) is 23.8 Å². The molecular formula is C20H21ClN2O3. The van der Waals surface area contributed by atoms with Gasteiger partial charge in [0.2, 0.25) is 5.88 Å². The van der Waals surface area contributed by atoms with Gasteiger partial charge in [0.1, 0.15) is 0 Å². The molecule has 0 saturated carbocycles. The fraction of sp³-hybridized carbons (Fsp3) is 0.250. The number of aromatic hydroxyl groups is 1. The number of fused-ring (bicyclic) bond motifs is 1. The van der Waals surface area contributed by atoms with E-state index >= 15 is 0 Å². The van der Waals surface area contributed by atoms with E-state index in [1.54, 1.807) is 6.07 Å². The maximum atomic E-state index is 11.8. The van der Waals surface area contributed by atoms with Gasteiger partial charge in [-0.25, -0.2) is 0 Å². The number of nitrogens with one attached hydrogen (secondary N) is 1. The van der Waals surface area contributed by atoms with Gasteiger partial charge in [-0.15, -0.1) is 0 Å². The monoisotopic (exact) mass is 372 g/mol. The molecule has 0 aliphatic heterocycles. The van der Waals surface area contributed by atoms with E-state index in [9.17, 15) is 9.90 Å². The summed E-state index contributed by atoms with van der Waals surface area (Å²) in [6.45, 7) is 2.36. The molecule has 2 aromatic carbocycles. The normalized spacial score (nSPS) is 11.1. The third-order valence-corrected chi connectivity index (χ3v) is 4.80. The van der Waals surface area contributed by atoms with Crippen molar-refractivity contribution in [1.29, 1.82) is 0 Å². The number of ketones is 1. The van der Waals surface area contributed by atoms with Gasteiger partial charge >= 0.3 is 0 Å². The number of Topliss-reactive ketones (excluding diaryl/α,β-unsaturated/α-hetero) is 1. The molecule has 0 atom stereocenters. The first-order chi connectivity index (χ1) is 12.4. The van der Waals surface area contributed by atoms with Crippen molar-refractivity contribution in [3.8, 4) is 17.0 Å². The molecule has 0 bridgehead atoms. The Hall–Kier alpha value is -2.50. The number of aromatic amines is 1. The summed E-state index contributed by atoms with van der Waals surface area (Å²) in [5.41, 5.74) is 3.67. The number of rotatable bonds is 6. The smallest absolute Gasteiger partial charge is 0.200 e. The predicted octanol–water partition coefficient (Wildman–Crippen LogP) is 4.22. The number of benzene rings is 2. The van der Waals surface area contributed by atoms with Crippen molar-refractivity contribution in [3.63, 3.8) is 0 Å². The van der Waals surface area contributed by atoms with Crippen molar-refractivity contribution >= 4 is 34.0 Å². The van der Waals surface area contributed by atoms with Gasteiger partial charge in [0.15, 0.2) is 5.78 Å². The highest BCUT2D eigenvalue weighted by Crippen LogP contribution is 2.36. The number of hydrogen-bond donors (Lipinski definition) is 3. The fourth-order valence-corrected chi connectivity index (χ4v) is 3.38. The van der Waals surface area contributed by atoms with Gasteiger partial charge in [0.05, 0.1) is 16.1 Å². The molecule has 1 aromatic heterocycles. The second-order valence-corrected chi connectivity index (χ2v) is 6.74. The molecule has 0 amide bonds. The molecule has 1 heterocycles. The van der Waals surface area contributed by atoms with Gasteiger partial charge in [-0.2, -0.15) is 0 Å². The number of halogens is 1. The van der Waals surface area contributed by atoms with E-state index in [0.717, 1.165) is 23.4 Å². The number of carbonyl (C=O) groups excluding carboxylic acids is 1. The van der Waals surface area contributed by atoms with Gasteiger partial charge in [0, 0.05) is 36.8 Å². The largest absolute Gasteiger partial charge is 0.494 e. The minimum Gasteiger partial charge on any atom is -0.494 e. The summed E-state index contributed by atoms with van der Waals surface area (Å²) in [7, 11) is 1.98. The summed E-state index contributed by atoms with van der Waals surface area (Å²) < 4.78 is 0. The molecule has 0 fully saturated rings. The fourth-order valence-electron chi connectivity index (χ4n) is 3.11. The van der Waals surface area contributed by atoms with E-state index < -0.39 is 0 Å². The SMILES string of the molecule is CC(=O)c1c(O)[nH]c2cc(Cl)c(-c3ccc(N(C)CCCO)cc3)cc12. The van der Waals surface area contributed by atoms with Gasteiger partial charge < -0.3 is 20.1 Å². The summed E-state index contributed by atoms with van der Waals surface area (Å²) in [4.78, 5) is 16.7. The van der Waals surface area contributed by atoms with Crippen LogP contribution in [0.25, 0.3) is 22.0 Å². The molecule has 0 saturated heterocycles. The minimum absolute atomic E-state index is 0.137. The number of aromatic nitrogens is 1. The Bertz CT molecular complexity index is 948. The lowest BCUT2D eigenvalue weighted by Crippen LogP contribution is -2.19. The molecule has 3 rings (SSSR count). The average Bonchev–Trinajstić information content (AvgIpc) is 2.93. The zero-order valence-electron chi connectivity index (χ0n) is 14.7. The van der Waals surface area contributed by atoms with Crippen LogP contribution in [0.1, 0.15) is 23.7 Å². The van der Waals surface area contributed by atoms with E-state index in [0.29, 0.717) is 22.3 Å². The number of aliphatic hydroxyl groups excluding tert-OH is 1. The number of hydrogen-bond acceptors (Lipinski definition) is 4. The molecule has 0 unspecified atom stereocenters. The lowest BCUT2D eigenvalue weighted by Gasteiger charge is -2.19. The van der Waals surface area contributed by atoms with Crippen LogP contribution >= 0.6 is 11.6 Å². The van der Waals surface area contributed by atoms with Crippen molar-refractivity contribution in [2.24, 2.45) is 0 Å². The van der Waals surface area contributed by atoms with E-state index in [2.05, 4.69) is 9.88 Å². The molecular weight excluding hydrogens is 352 g/mol. The molecule has 0 radical (unpaired) electrons. The standard InChI is InChI=1S/C20H21ClN2O3/c1-12(25)19-16-10-15(17(21)11-18(16)22-20(19)26)13-4-6-14(7-5-13)23(2)8-3-9-24/h4-7,10-11,22,24,26H,3,8-9H2,1-2H3. The highest BCUT2D eigenvalue weighted by Gasteiger charge is 2.17. The summed E-state index contributed by atoms with van der Waals surface area (Å²) in [6, 6.07) is 11.5. The first kappa shape index (κ1) is 18.3. The number of aliphatic hydroxyl groups is 1. The molecule has 0 aliphatic rings. The lowest BCUT2D eigenvalue weighted by atomic mass is 10.0. The molecule has 6 heteroatoms. The molecule has 3 N–H and O–H groups in total. The van der Waals surface area contributed by atoms with Gasteiger partial charge in [-0.1, -0.05) is 23.7 Å². The minimum atomic E-state index is -0.206. The molecule has 0 spiro atoms. The number of anilines is 1. The number of carbonyl (C=O) groups is 1. The first-order valence-electron chi connectivity index (χ1n) is 8.40. The van der Waals surface area contributed by atoms with E-state index in [1.807, 2.05) is 37.4 Å². The molecule has 3 aromatic rings. The van der Waals surface area contributed by atoms with Crippen LogP contribution in [0.5, 0.6) is 5.88 Å². The molecule has 5 nitrogen and oxygen atoms in total. The van der Waals surface area contributed by atoms with Crippen LogP contribution < -0.4 is 4.90 Å². The van der Waals surface area contributed by atoms with Crippen LogP contribution in [0.15, 0.2) is 36.4 Å². The van der Waals surface area contributed by atoms with Gasteiger partial charge in [0.25, 0.3) is 0 Å². The maximum Gasteiger partial charge on any atom is 0.200 e. The van der Waals surface area contributed by atoms with Crippen LogP contribution in [0.2, 0.25) is 5.02 Å². The zero-order chi connectivity index (χ0) is 18.8. The second-order valence-electron chi connectivity index (χ2n) is 6.33. The third-order valence-electron chi connectivity index (χ3n) is 4.49. The second kappa shape index (κ2) is 7.40. The highest BCUT2D eigenvalue weighted by molar-refractivity contribution is 6.34. The Morgan fingerprint density at radius 1 is 1.23 bits per heavy atom. The maximum absolute atomic E-state index is 11.8. The van der Waals surface area contributed by atoms with Crippen LogP contribution in [0, 0.1) is 0 Å². The Morgan fingerprint density at radius 2 is 1.92 bits per heavy atom. The summed E-state index contributed by atoms with van der Waals surface area (Å²) in [6.07, 6.45) is 0.714. The quantitative estimate of drug-likeness (QED) is 0.566. The lowest BCUT2D eigenvalue weighted by molar-refractivity contribution is 0.101. The Morgan fingerprint density at radius 3 is 2.54 bits per heavy atom. The van der Waals surface area contributed by atoms with E-state index in [4.69, 9.17) is 16.7 Å². The van der Waals surface area contributed by atoms with Crippen LogP contribution in [-0.2, 0) is 0 Å². The molecule has 136 valence electrons. The van der Waals surface area contributed by atoms with Crippen molar-refractivity contribution in [2.75, 3.05) is 25.1 Å². The Balaban J connectivity index is 2.01. The van der Waals surface area contributed by atoms with E-state index in [1.165, 1.54) is 6.92 Å². The summed E-state index contributed by atoms with van der Waals surface area (Å²) in [5.74, 6) is -0.343. The van der Waals surface area contributed by atoms with Crippen LogP contribution in [0.3, 0.4) is 0 Å². The van der Waals surface area contributed by atoms with Crippen LogP contribution in [0.4, 0.5) is 5.69 Å². The summed E-state index contributed by atoms with van der Waals surface area (Å²) >= 11 is 6.43. The molecule has 0 aliphatic carbocycles. The Kier molecular flexibility index (Phi) is 5.20. The Labute approximate surface area is 156 Å². The highest BCUT2D eigenvalue weighted by atomic mass is 35.5. The predicted molar refractivity (Wildman–Crippen MR) is 105 cm³/mol. The summed E-state index contributed by atoms with van der Waals surface area (Å²) in [5, 5.41) is 20.1. The van der Waals surface area contributed by atoms with Crippen LogP contribution in [-0.4, -0.2) is 41.2 Å². The molecule has 26 heavy (non-hydrogen) atoms.